The number of hydrogen-bond acceptors (Lipinski definition) is 4. The summed E-state index contributed by atoms with van der Waals surface area (Å²) in [5, 5.41) is 16.2. The third-order valence-corrected chi connectivity index (χ3v) is 2.46. The molecule has 90 valence electrons. The monoisotopic (exact) mass is 225 g/mol. The van der Waals surface area contributed by atoms with E-state index in [9.17, 15) is 4.79 Å². The van der Waals surface area contributed by atoms with E-state index >= 15 is 0 Å². The second-order valence-corrected chi connectivity index (χ2v) is 3.82. The molecule has 6 nitrogen and oxygen atoms in total. The average molecular weight is 225 g/mol. The number of hydrogen-bond donors (Lipinski definition) is 2. The summed E-state index contributed by atoms with van der Waals surface area (Å²) in [5.41, 5.74) is 0. The molecule has 0 radical (unpaired) electrons. The van der Waals surface area contributed by atoms with Gasteiger partial charge in [-0.15, -0.1) is 10.2 Å². The molecule has 0 aliphatic heterocycles. The van der Waals surface area contributed by atoms with Gasteiger partial charge in [-0.1, -0.05) is 31.9 Å². The van der Waals surface area contributed by atoms with Gasteiger partial charge in [-0.2, -0.15) is 5.21 Å². The van der Waals surface area contributed by atoms with Gasteiger partial charge >= 0.3 is 0 Å². The van der Waals surface area contributed by atoms with E-state index in [-0.39, 0.29) is 11.8 Å². The molecule has 0 saturated heterocycles. The molecule has 1 aromatic heterocycles. The maximum atomic E-state index is 11.8. The van der Waals surface area contributed by atoms with Crippen LogP contribution in [0, 0.1) is 5.92 Å². The summed E-state index contributed by atoms with van der Waals surface area (Å²) in [4.78, 5) is 11.8. The number of amides is 1. The molecule has 6 heteroatoms. The molecule has 0 aliphatic rings. The maximum absolute atomic E-state index is 11.8. The minimum absolute atomic E-state index is 0.0912. The second kappa shape index (κ2) is 6.92. The molecule has 0 unspecified atom stereocenters. The highest BCUT2D eigenvalue weighted by molar-refractivity contribution is 5.78. The van der Waals surface area contributed by atoms with Gasteiger partial charge in [0.2, 0.25) is 5.91 Å². The molecule has 0 atom stereocenters. The molecule has 0 spiro atoms. The number of aromatic nitrogens is 4. The van der Waals surface area contributed by atoms with Crippen molar-refractivity contribution in [3.8, 4) is 0 Å². The summed E-state index contributed by atoms with van der Waals surface area (Å²) in [7, 11) is 0. The van der Waals surface area contributed by atoms with E-state index in [2.05, 4.69) is 39.8 Å². The zero-order valence-corrected chi connectivity index (χ0v) is 9.86. The third kappa shape index (κ3) is 3.96. The minimum Gasteiger partial charge on any atom is -0.348 e. The Morgan fingerprint density at radius 1 is 1.38 bits per heavy atom. The standard InChI is InChI=1S/C10H19N5O/c1-3-5-8(6-4-2)10(16)11-7-9-12-14-15-13-9/h8H,3-7H2,1-2H3,(H,11,16)(H,12,13,14,15). The Bertz CT molecular complexity index is 292. The molecule has 1 heterocycles. The zero-order chi connectivity index (χ0) is 11.8. The quantitative estimate of drug-likeness (QED) is 0.726. The highest BCUT2D eigenvalue weighted by Crippen LogP contribution is 2.13. The van der Waals surface area contributed by atoms with Crippen molar-refractivity contribution in [3.63, 3.8) is 0 Å². The number of aromatic amines is 1. The van der Waals surface area contributed by atoms with Crippen LogP contribution in [0.4, 0.5) is 0 Å². The smallest absolute Gasteiger partial charge is 0.223 e. The number of H-pyrrole nitrogens is 1. The number of carbonyl (C=O) groups excluding carboxylic acids is 1. The molecule has 0 bridgehead atoms. The topological polar surface area (TPSA) is 83.6 Å². The molecule has 0 fully saturated rings. The van der Waals surface area contributed by atoms with Crippen molar-refractivity contribution in [3.05, 3.63) is 5.82 Å². The molecule has 0 aromatic carbocycles. The lowest BCUT2D eigenvalue weighted by Crippen LogP contribution is -2.30. The van der Waals surface area contributed by atoms with Gasteiger partial charge < -0.3 is 5.32 Å². The van der Waals surface area contributed by atoms with Crippen molar-refractivity contribution in [2.75, 3.05) is 0 Å². The Hall–Kier alpha value is -1.46. The Morgan fingerprint density at radius 2 is 2.06 bits per heavy atom. The van der Waals surface area contributed by atoms with Gasteiger partial charge in [0.15, 0.2) is 5.82 Å². The normalized spacial score (nSPS) is 10.7. The lowest BCUT2D eigenvalue weighted by atomic mass is 9.97. The second-order valence-electron chi connectivity index (χ2n) is 3.82. The van der Waals surface area contributed by atoms with E-state index in [4.69, 9.17) is 0 Å². The molecular weight excluding hydrogens is 206 g/mol. The first kappa shape index (κ1) is 12.6. The van der Waals surface area contributed by atoms with E-state index in [1.54, 1.807) is 0 Å². The fourth-order valence-electron chi connectivity index (χ4n) is 1.67. The molecule has 1 amide bonds. The lowest BCUT2D eigenvalue weighted by molar-refractivity contribution is -0.125. The van der Waals surface area contributed by atoms with Gasteiger partial charge in [-0.25, -0.2) is 0 Å². The number of nitrogens with one attached hydrogen (secondary N) is 2. The van der Waals surface area contributed by atoms with E-state index in [1.165, 1.54) is 0 Å². The van der Waals surface area contributed by atoms with E-state index in [1.807, 2.05) is 0 Å². The number of rotatable bonds is 7. The van der Waals surface area contributed by atoms with E-state index < -0.39 is 0 Å². The summed E-state index contributed by atoms with van der Waals surface area (Å²) < 4.78 is 0. The van der Waals surface area contributed by atoms with E-state index in [0.717, 1.165) is 25.7 Å². The maximum Gasteiger partial charge on any atom is 0.223 e. The van der Waals surface area contributed by atoms with Gasteiger partial charge in [0.05, 0.1) is 6.54 Å². The number of tetrazole rings is 1. The molecule has 1 rings (SSSR count). The van der Waals surface area contributed by atoms with Gasteiger partial charge in [0, 0.05) is 5.92 Å². The van der Waals surface area contributed by atoms with Gasteiger partial charge in [0.25, 0.3) is 0 Å². The van der Waals surface area contributed by atoms with Crippen molar-refractivity contribution in [2.24, 2.45) is 5.92 Å². The Morgan fingerprint density at radius 3 is 2.56 bits per heavy atom. The first-order valence-electron chi connectivity index (χ1n) is 5.78. The summed E-state index contributed by atoms with van der Waals surface area (Å²) in [6.07, 6.45) is 3.93. The van der Waals surface area contributed by atoms with Crippen molar-refractivity contribution in [1.29, 1.82) is 0 Å². The van der Waals surface area contributed by atoms with Crippen LogP contribution in [0.1, 0.15) is 45.4 Å². The predicted molar refractivity (Wildman–Crippen MR) is 59.3 cm³/mol. The predicted octanol–water partition coefficient (Wildman–Crippen LogP) is 1.03. The van der Waals surface area contributed by atoms with Crippen LogP contribution in [0.15, 0.2) is 0 Å². The summed E-state index contributed by atoms with van der Waals surface area (Å²) >= 11 is 0. The minimum atomic E-state index is 0.0912. The fraction of sp³-hybridized carbons (Fsp3) is 0.800. The van der Waals surface area contributed by atoms with E-state index in [0.29, 0.717) is 12.4 Å². The van der Waals surface area contributed by atoms with Crippen LogP contribution in [0.25, 0.3) is 0 Å². The van der Waals surface area contributed by atoms with Crippen LogP contribution >= 0.6 is 0 Å². The van der Waals surface area contributed by atoms with Crippen molar-refractivity contribution < 1.29 is 4.79 Å². The average Bonchev–Trinajstić information content (AvgIpc) is 2.78. The molecule has 1 aromatic rings. The molecular formula is C10H19N5O. The SMILES string of the molecule is CCCC(CCC)C(=O)NCc1nn[nH]n1. The molecule has 0 aliphatic carbocycles. The van der Waals surface area contributed by atoms with Crippen LogP contribution in [-0.2, 0) is 11.3 Å². The summed E-state index contributed by atoms with van der Waals surface area (Å²) in [5.74, 6) is 0.718. The largest absolute Gasteiger partial charge is 0.348 e. The van der Waals surface area contributed by atoms with Crippen molar-refractivity contribution in [2.45, 2.75) is 46.1 Å². The zero-order valence-electron chi connectivity index (χ0n) is 9.86. The van der Waals surface area contributed by atoms with Crippen LogP contribution < -0.4 is 5.32 Å². The van der Waals surface area contributed by atoms with Gasteiger partial charge in [-0.3, -0.25) is 4.79 Å². The third-order valence-electron chi connectivity index (χ3n) is 2.46. The Labute approximate surface area is 95.2 Å². The van der Waals surface area contributed by atoms with Crippen molar-refractivity contribution >= 4 is 5.91 Å². The highest BCUT2D eigenvalue weighted by Gasteiger charge is 2.16. The van der Waals surface area contributed by atoms with Crippen molar-refractivity contribution in [1.82, 2.24) is 25.9 Å². The Kier molecular flexibility index (Phi) is 5.45. The summed E-state index contributed by atoms with van der Waals surface area (Å²) in [6.45, 7) is 4.53. The molecule has 16 heavy (non-hydrogen) atoms. The van der Waals surface area contributed by atoms with Crippen LogP contribution in [0.2, 0.25) is 0 Å². The summed E-state index contributed by atoms with van der Waals surface area (Å²) in [6, 6.07) is 0. The first-order valence-corrected chi connectivity index (χ1v) is 5.78. The fourth-order valence-corrected chi connectivity index (χ4v) is 1.67. The lowest BCUT2D eigenvalue weighted by Gasteiger charge is -2.14. The Balaban J connectivity index is 2.36. The van der Waals surface area contributed by atoms with Gasteiger partial charge in [-0.05, 0) is 12.8 Å². The highest BCUT2D eigenvalue weighted by atomic mass is 16.1. The number of nitrogens with zero attached hydrogens (tertiary/aromatic N) is 3. The van der Waals surface area contributed by atoms with Gasteiger partial charge in [0.1, 0.15) is 0 Å². The first-order chi connectivity index (χ1) is 7.77. The number of carbonyl (C=O) groups is 1. The molecule has 2 N–H and O–H groups in total. The molecule has 0 saturated carbocycles. The van der Waals surface area contributed by atoms with Crippen LogP contribution in [0.5, 0.6) is 0 Å². The van der Waals surface area contributed by atoms with Crippen LogP contribution in [0.3, 0.4) is 0 Å². The van der Waals surface area contributed by atoms with Crippen LogP contribution in [-0.4, -0.2) is 26.5 Å².